The van der Waals surface area contributed by atoms with Crippen LogP contribution < -0.4 is 11.2 Å². The Morgan fingerprint density at radius 3 is 3.08 bits per heavy atom. The van der Waals surface area contributed by atoms with Gasteiger partial charge in [-0.1, -0.05) is 6.07 Å². The standard InChI is InChI=1S/C8H9N3OS/c9-7-6(10-11-8(7)12)4-5-2-1-3-13-5/h1-3,7H,4,9H2,(H,11,12). The molecule has 0 radical (unpaired) electrons. The molecule has 1 aromatic heterocycles. The average molecular weight is 195 g/mol. The molecule has 0 fully saturated rings. The fraction of sp³-hybridized carbons (Fsp3) is 0.250. The Bertz CT molecular complexity index is 344. The maximum absolute atomic E-state index is 11.0. The van der Waals surface area contributed by atoms with Crippen LogP contribution in [0.25, 0.3) is 0 Å². The van der Waals surface area contributed by atoms with Crippen LogP contribution in [0.15, 0.2) is 22.6 Å². The van der Waals surface area contributed by atoms with Crippen LogP contribution in [-0.4, -0.2) is 17.7 Å². The summed E-state index contributed by atoms with van der Waals surface area (Å²) in [6.07, 6.45) is 0.664. The number of hydrazone groups is 1. The van der Waals surface area contributed by atoms with E-state index in [9.17, 15) is 4.79 Å². The van der Waals surface area contributed by atoms with Gasteiger partial charge in [0.1, 0.15) is 6.04 Å². The molecule has 0 saturated heterocycles. The van der Waals surface area contributed by atoms with Crippen molar-refractivity contribution in [3.05, 3.63) is 22.4 Å². The van der Waals surface area contributed by atoms with Gasteiger partial charge in [0.25, 0.3) is 5.91 Å². The first-order valence-electron chi connectivity index (χ1n) is 3.91. The van der Waals surface area contributed by atoms with Crippen LogP contribution in [0.5, 0.6) is 0 Å². The maximum atomic E-state index is 11.0. The molecule has 2 rings (SSSR count). The molecule has 2 heterocycles. The lowest BCUT2D eigenvalue weighted by Crippen LogP contribution is -2.37. The summed E-state index contributed by atoms with van der Waals surface area (Å²) in [5, 5.41) is 5.86. The molecule has 1 atom stereocenters. The molecule has 0 aromatic carbocycles. The summed E-state index contributed by atoms with van der Waals surface area (Å²) in [4.78, 5) is 12.1. The number of carbonyl (C=O) groups is 1. The Kier molecular flexibility index (Phi) is 2.12. The van der Waals surface area contributed by atoms with Crippen molar-refractivity contribution in [1.29, 1.82) is 0 Å². The van der Waals surface area contributed by atoms with Crippen LogP contribution >= 0.6 is 11.3 Å². The second kappa shape index (κ2) is 3.27. The molecule has 0 aliphatic carbocycles. The fourth-order valence-electron chi connectivity index (χ4n) is 1.16. The topological polar surface area (TPSA) is 67.5 Å². The van der Waals surface area contributed by atoms with E-state index in [1.54, 1.807) is 11.3 Å². The van der Waals surface area contributed by atoms with Gasteiger partial charge in [0.15, 0.2) is 0 Å². The largest absolute Gasteiger partial charge is 0.315 e. The second-order valence-electron chi connectivity index (χ2n) is 2.81. The van der Waals surface area contributed by atoms with E-state index in [2.05, 4.69) is 10.5 Å². The van der Waals surface area contributed by atoms with Crippen molar-refractivity contribution in [1.82, 2.24) is 5.43 Å². The third kappa shape index (κ3) is 1.61. The molecule has 0 spiro atoms. The molecule has 5 heteroatoms. The lowest BCUT2D eigenvalue weighted by atomic mass is 10.1. The smallest absolute Gasteiger partial charge is 0.262 e. The van der Waals surface area contributed by atoms with E-state index in [0.29, 0.717) is 12.1 Å². The monoisotopic (exact) mass is 195 g/mol. The molecule has 13 heavy (non-hydrogen) atoms. The number of hydrogen-bond donors (Lipinski definition) is 2. The summed E-state index contributed by atoms with van der Waals surface area (Å²) in [6.45, 7) is 0. The quantitative estimate of drug-likeness (QED) is 0.703. The lowest BCUT2D eigenvalue weighted by molar-refractivity contribution is -0.120. The van der Waals surface area contributed by atoms with Gasteiger partial charge >= 0.3 is 0 Å². The van der Waals surface area contributed by atoms with Crippen molar-refractivity contribution in [2.75, 3.05) is 0 Å². The minimum absolute atomic E-state index is 0.216. The maximum Gasteiger partial charge on any atom is 0.262 e. The van der Waals surface area contributed by atoms with Crippen LogP contribution in [0.3, 0.4) is 0 Å². The number of rotatable bonds is 2. The summed E-state index contributed by atoms with van der Waals surface area (Å²) in [5.74, 6) is -0.216. The van der Waals surface area contributed by atoms with E-state index in [4.69, 9.17) is 5.73 Å². The number of amides is 1. The molecular weight excluding hydrogens is 186 g/mol. The molecule has 0 saturated carbocycles. The summed E-state index contributed by atoms with van der Waals surface area (Å²) < 4.78 is 0. The zero-order valence-corrected chi connectivity index (χ0v) is 7.67. The normalized spacial score (nSPS) is 21.5. The SMILES string of the molecule is NC1C(=O)NN=C1Cc1cccs1. The summed E-state index contributed by atoms with van der Waals surface area (Å²) >= 11 is 1.64. The molecule has 1 amide bonds. The zero-order valence-electron chi connectivity index (χ0n) is 6.86. The first-order chi connectivity index (χ1) is 6.27. The first kappa shape index (κ1) is 8.40. The number of nitrogens with two attached hydrogens (primary N) is 1. The van der Waals surface area contributed by atoms with Crippen molar-refractivity contribution >= 4 is 23.0 Å². The Hall–Kier alpha value is -1.20. The van der Waals surface area contributed by atoms with Gasteiger partial charge in [0.05, 0.1) is 5.71 Å². The summed E-state index contributed by atoms with van der Waals surface area (Å²) in [5.41, 5.74) is 8.68. The molecule has 1 aliphatic heterocycles. The van der Waals surface area contributed by atoms with E-state index in [1.807, 2.05) is 17.5 Å². The number of carbonyl (C=O) groups excluding carboxylic acids is 1. The first-order valence-corrected chi connectivity index (χ1v) is 4.79. The van der Waals surface area contributed by atoms with Gasteiger partial charge in [-0.15, -0.1) is 11.3 Å². The van der Waals surface area contributed by atoms with Gasteiger partial charge in [0, 0.05) is 11.3 Å². The predicted molar refractivity (Wildman–Crippen MR) is 51.6 cm³/mol. The van der Waals surface area contributed by atoms with E-state index < -0.39 is 6.04 Å². The third-order valence-electron chi connectivity index (χ3n) is 1.89. The molecule has 1 aliphatic rings. The molecule has 0 bridgehead atoms. The Morgan fingerprint density at radius 1 is 1.69 bits per heavy atom. The van der Waals surface area contributed by atoms with Crippen molar-refractivity contribution in [2.45, 2.75) is 12.5 Å². The third-order valence-corrected chi connectivity index (χ3v) is 2.76. The summed E-state index contributed by atoms with van der Waals surface area (Å²) in [7, 11) is 0. The van der Waals surface area contributed by atoms with Gasteiger partial charge in [-0.3, -0.25) is 4.79 Å². The molecule has 3 N–H and O–H groups in total. The number of hydrogen-bond acceptors (Lipinski definition) is 4. The molecular formula is C8H9N3OS. The van der Waals surface area contributed by atoms with Crippen molar-refractivity contribution < 1.29 is 4.79 Å². The van der Waals surface area contributed by atoms with Crippen LogP contribution in [0, 0.1) is 0 Å². The molecule has 1 aromatic rings. The van der Waals surface area contributed by atoms with Crippen molar-refractivity contribution in [3.8, 4) is 0 Å². The van der Waals surface area contributed by atoms with E-state index in [0.717, 1.165) is 0 Å². The van der Waals surface area contributed by atoms with Crippen LogP contribution in [0.2, 0.25) is 0 Å². The molecule has 4 nitrogen and oxygen atoms in total. The Morgan fingerprint density at radius 2 is 2.54 bits per heavy atom. The number of nitrogens with zero attached hydrogens (tertiary/aromatic N) is 1. The van der Waals surface area contributed by atoms with Crippen molar-refractivity contribution in [3.63, 3.8) is 0 Å². The minimum Gasteiger partial charge on any atom is -0.315 e. The zero-order chi connectivity index (χ0) is 9.26. The number of nitrogens with one attached hydrogen (secondary N) is 1. The highest BCUT2D eigenvalue weighted by atomic mass is 32.1. The van der Waals surface area contributed by atoms with Crippen LogP contribution in [0.4, 0.5) is 0 Å². The van der Waals surface area contributed by atoms with Gasteiger partial charge in [-0.25, -0.2) is 5.43 Å². The minimum atomic E-state index is -0.568. The lowest BCUT2D eigenvalue weighted by Gasteiger charge is -2.01. The van der Waals surface area contributed by atoms with Crippen LogP contribution in [0.1, 0.15) is 4.88 Å². The highest BCUT2D eigenvalue weighted by Crippen LogP contribution is 2.11. The highest BCUT2D eigenvalue weighted by molar-refractivity contribution is 7.10. The van der Waals surface area contributed by atoms with Crippen LogP contribution in [-0.2, 0) is 11.2 Å². The van der Waals surface area contributed by atoms with Gasteiger partial charge < -0.3 is 5.73 Å². The van der Waals surface area contributed by atoms with E-state index in [-0.39, 0.29) is 5.91 Å². The van der Waals surface area contributed by atoms with Crippen molar-refractivity contribution in [2.24, 2.45) is 10.8 Å². The highest BCUT2D eigenvalue weighted by Gasteiger charge is 2.25. The number of thiophene rings is 1. The molecule has 1 unspecified atom stereocenters. The van der Waals surface area contributed by atoms with E-state index in [1.165, 1.54) is 4.88 Å². The Labute approximate surface area is 79.4 Å². The predicted octanol–water partition coefficient (Wildman–Crippen LogP) is 0.104. The van der Waals surface area contributed by atoms with Gasteiger partial charge in [-0.05, 0) is 11.4 Å². The second-order valence-corrected chi connectivity index (χ2v) is 3.85. The van der Waals surface area contributed by atoms with Gasteiger partial charge in [0.2, 0.25) is 0 Å². The van der Waals surface area contributed by atoms with Gasteiger partial charge in [-0.2, -0.15) is 5.10 Å². The summed E-state index contributed by atoms with van der Waals surface area (Å²) in [6, 6.07) is 3.40. The Balaban J connectivity index is 2.08. The molecule has 68 valence electrons. The fourth-order valence-corrected chi connectivity index (χ4v) is 1.88. The average Bonchev–Trinajstić information content (AvgIpc) is 2.71. The van der Waals surface area contributed by atoms with E-state index >= 15 is 0 Å².